The topological polar surface area (TPSA) is 101 Å². The van der Waals surface area contributed by atoms with Crippen molar-refractivity contribution in [1.29, 1.82) is 0 Å². The summed E-state index contributed by atoms with van der Waals surface area (Å²) in [6.07, 6.45) is -1.71. The van der Waals surface area contributed by atoms with Crippen LogP contribution in [0.1, 0.15) is 0 Å². The molecule has 2 rings (SSSR count). The van der Waals surface area contributed by atoms with Crippen LogP contribution in [0.5, 0.6) is 0 Å². The van der Waals surface area contributed by atoms with Gasteiger partial charge in [0.15, 0.2) is 0 Å². The molecule has 0 aliphatic heterocycles. The van der Waals surface area contributed by atoms with E-state index in [0.29, 0.717) is 6.20 Å². The number of sulfonamides is 1. The Labute approximate surface area is 151 Å². The monoisotopic (exact) mass is 406 g/mol. The van der Waals surface area contributed by atoms with E-state index in [9.17, 15) is 26.4 Å². The van der Waals surface area contributed by atoms with Crippen LogP contribution in [-0.2, 0) is 14.8 Å². The molecule has 12 heteroatoms. The van der Waals surface area contributed by atoms with Gasteiger partial charge in [-0.3, -0.25) is 4.79 Å². The molecule has 26 heavy (non-hydrogen) atoms. The third-order valence-electron chi connectivity index (χ3n) is 2.80. The fourth-order valence-corrected chi connectivity index (χ4v) is 2.73. The lowest BCUT2D eigenvalue weighted by Crippen LogP contribution is -2.23. The number of anilines is 2. The molecule has 0 saturated carbocycles. The number of hydrogen-bond acceptors (Lipinski definition) is 6. The number of carbonyl (C=O) groups is 1. The van der Waals surface area contributed by atoms with Crippen LogP contribution in [-0.4, -0.2) is 30.3 Å². The van der Waals surface area contributed by atoms with E-state index in [1.54, 1.807) is 0 Å². The summed E-state index contributed by atoms with van der Waals surface area (Å²) in [5, 5.41) is 1.31. The van der Waals surface area contributed by atoms with Crippen molar-refractivity contribution in [3.05, 3.63) is 54.0 Å². The molecule has 0 unspecified atom stereocenters. The maximum atomic E-state index is 12.2. The molecular weight excluding hydrogens is 397 g/mol. The van der Waals surface area contributed by atoms with Gasteiger partial charge >= 0.3 is 6.18 Å². The highest BCUT2D eigenvalue weighted by molar-refractivity contribution is 7.92. The van der Waals surface area contributed by atoms with E-state index in [1.807, 2.05) is 0 Å². The second kappa shape index (κ2) is 7.70. The summed E-state index contributed by atoms with van der Waals surface area (Å²) in [5.41, 5.74) is 0.216. The molecular formula is C14H10ClF3N4O3S. The molecule has 1 heterocycles. The largest absolute Gasteiger partial charge is 0.455 e. The predicted molar refractivity (Wildman–Crippen MR) is 87.9 cm³/mol. The third kappa shape index (κ3) is 5.17. The van der Waals surface area contributed by atoms with Gasteiger partial charge in [0.2, 0.25) is 5.95 Å². The molecule has 1 aromatic carbocycles. The van der Waals surface area contributed by atoms with Crippen LogP contribution in [0.15, 0.2) is 58.9 Å². The molecule has 0 radical (unpaired) electrons. The Morgan fingerprint density at radius 2 is 1.69 bits per heavy atom. The Morgan fingerprint density at radius 3 is 2.23 bits per heavy atom. The van der Waals surface area contributed by atoms with Gasteiger partial charge in [-0.2, -0.15) is 13.2 Å². The summed E-state index contributed by atoms with van der Waals surface area (Å²) in [6, 6.07) is 6.46. The zero-order valence-corrected chi connectivity index (χ0v) is 14.2. The molecule has 0 fully saturated rings. The van der Waals surface area contributed by atoms with Crippen LogP contribution < -0.4 is 10.0 Å². The maximum absolute atomic E-state index is 12.2. The van der Waals surface area contributed by atoms with Crippen molar-refractivity contribution < 1.29 is 26.4 Å². The lowest BCUT2D eigenvalue weighted by atomic mass is 10.3. The predicted octanol–water partition coefficient (Wildman–Crippen LogP) is 2.90. The average molecular weight is 407 g/mol. The van der Waals surface area contributed by atoms with Crippen LogP contribution in [0, 0.1) is 0 Å². The summed E-state index contributed by atoms with van der Waals surface area (Å²) in [7, 11) is -3.94. The summed E-state index contributed by atoms with van der Waals surface area (Å²) in [6.45, 7) is 0. The normalized spacial score (nSPS) is 12.5. The van der Waals surface area contributed by atoms with Gasteiger partial charge in [-0.25, -0.2) is 23.1 Å². The quantitative estimate of drug-likeness (QED) is 0.715. The number of nitrogens with one attached hydrogen (secondary N) is 2. The highest BCUT2D eigenvalue weighted by Gasteiger charge is 2.40. The summed E-state index contributed by atoms with van der Waals surface area (Å²) >= 11 is 5.27. The van der Waals surface area contributed by atoms with Crippen molar-refractivity contribution in [1.82, 2.24) is 9.97 Å². The van der Waals surface area contributed by atoms with E-state index in [4.69, 9.17) is 11.6 Å². The van der Waals surface area contributed by atoms with Crippen LogP contribution >= 0.6 is 11.6 Å². The van der Waals surface area contributed by atoms with Gasteiger partial charge in [0.05, 0.1) is 4.90 Å². The van der Waals surface area contributed by atoms with Crippen molar-refractivity contribution in [3.8, 4) is 0 Å². The zero-order chi connectivity index (χ0) is 19.4. The number of carbonyl (C=O) groups excluding carboxylic acids is 1. The van der Waals surface area contributed by atoms with Crippen molar-refractivity contribution in [2.45, 2.75) is 11.1 Å². The molecule has 0 saturated heterocycles. The SMILES string of the molecule is O=C(C(Cl)=CNc1ccc(S(=O)(=O)Nc2ncccn2)cc1)C(F)(F)F. The number of rotatable bonds is 6. The lowest BCUT2D eigenvalue weighted by molar-refractivity contribution is -0.165. The van der Waals surface area contributed by atoms with Crippen molar-refractivity contribution in [2.24, 2.45) is 0 Å². The summed E-state index contributed by atoms with van der Waals surface area (Å²) in [5.74, 6) is -2.31. The molecule has 0 atom stereocenters. The van der Waals surface area contributed by atoms with Gasteiger partial charge in [-0.05, 0) is 30.3 Å². The van der Waals surface area contributed by atoms with E-state index in [-0.39, 0.29) is 16.5 Å². The van der Waals surface area contributed by atoms with E-state index in [1.165, 1.54) is 42.7 Å². The minimum Gasteiger partial charge on any atom is -0.360 e. The van der Waals surface area contributed by atoms with E-state index in [2.05, 4.69) is 20.0 Å². The Kier molecular flexibility index (Phi) is 5.83. The number of allylic oxidation sites excluding steroid dienone is 1. The molecule has 138 valence electrons. The smallest absolute Gasteiger partial charge is 0.360 e. The van der Waals surface area contributed by atoms with Crippen molar-refractivity contribution >= 4 is 39.0 Å². The maximum Gasteiger partial charge on any atom is 0.455 e. The summed E-state index contributed by atoms with van der Waals surface area (Å²) < 4.78 is 63.1. The molecule has 2 N–H and O–H groups in total. The molecule has 2 aromatic rings. The second-order valence-electron chi connectivity index (χ2n) is 4.67. The molecule has 0 aliphatic carbocycles. The molecule has 0 bridgehead atoms. The number of aromatic nitrogens is 2. The molecule has 1 aromatic heterocycles. The van der Waals surface area contributed by atoms with E-state index >= 15 is 0 Å². The minimum absolute atomic E-state index is 0.116. The van der Waals surface area contributed by atoms with E-state index in [0.717, 1.165) is 0 Å². The van der Waals surface area contributed by atoms with Gasteiger partial charge in [-0.15, -0.1) is 0 Å². The molecule has 0 aliphatic rings. The molecule has 0 spiro atoms. The standard InChI is InChI=1S/C14H10ClF3N4O3S/c15-11(12(23)14(16,17)18)8-21-9-2-4-10(5-3-9)26(24,25)22-13-19-6-1-7-20-13/h1-8,21H,(H,19,20,22). The molecule has 7 nitrogen and oxygen atoms in total. The van der Waals surface area contributed by atoms with E-state index < -0.39 is 27.0 Å². The number of nitrogens with zero attached hydrogens (tertiary/aromatic N) is 2. The number of hydrogen-bond donors (Lipinski definition) is 2. The zero-order valence-electron chi connectivity index (χ0n) is 12.7. The minimum atomic E-state index is -5.08. The van der Waals surface area contributed by atoms with Crippen LogP contribution in [0.2, 0.25) is 0 Å². The first-order valence-electron chi connectivity index (χ1n) is 6.73. The molecule has 0 amide bonds. The van der Waals surface area contributed by atoms with Crippen LogP contribution in [0.4, 0.5) is 24.8 Å². The number of Topliss-reactive ketones (excluding diaryl/α,β-unsaturated/α-hetero) is 1. The number of halogens is 4. The summed E-state index contributed by atoms with van der Waals surface area (Å²) in [4.78, 5) is 18.2. The lowest BCUT2D eigenvalue weighted by Gasteiger charge is -2.08. The fourth-order valence-electron chi connectivity index (χ4n) is 1.61. The Hall–Kier alpha value is -2.66. The highest BCUT2D eigenvalue weighted by Crippen LogP contribution is 2.23. The number of alkyl halides is 3. The van der Waals surface area contributed by atoms with Crippen molar-refractivity contribution in [3.63, 3.8) is 0 Å². The van der Waals surface area contributed by atoms with Crippen LogP contribution in [0.25, 0.3) is 0 Å². The number of ketones is 1. The first kappa shape index (κ1) is 19.7. The fraction of sp³-hybridized carbons (Fsp3) is 0.0714. The van der Waals surface area contributed by atoms with Crippen LogP contribution in [0.3, 0.4) is 0 Å². The number of benzene rings is 1. The average Bonchev–Trinajstić information content (AvgIpc) is 2.59. The Bertz CT molecular complexity index is 917. The highest BCUT2D eigenvalue weighted by atomic mass is 35.5. The van der Waals surface area contributed by atoms with Gasteiger partial charge in [0.1, 0.15) is 5.03 Å². The van der Waals surface area contributed by atoms with Crippen molar-refractivity contribution in [2.75, 3.05) is 10.0 Å². The third-order valence-corrected chi connectivity index (χ3v) is 4.42. The van der Waals surface area contributed by atoms with Gasteiger partial charge in [0, 0.05) is 24.3 Å². The Balaban J connectivity index is 2.09. The second-order valence-corrected chi connectivity index (χ2v) is 6.76. The van der Waals surface area contributed by atoms with Gasteiger partial charge < -0.3 is 5.32 Å². The first-order valence-corrected chi connectivity index (χ1v) is 8.59. The van der Waals surface area contributed by atoms with Gasteiger partial charge in [-0.1, -0.05) is 11.6 Å². The first-order chi connectivity index (χ1) is 12.1. The Morgan fingerprint density at radius 1 is 1.12 bits per heavy atom. The van der Waals surface area contributed by atoms with Gasteiger partial charge in [0.25, 0.3) is 15.8 Å².